The van der Waals surface area contributed by atoms with Crippen LogP contribution in [0.2, 0.25) is 0 Å². The number of piperazine rings is 1. The third-order valence-electron chi connectivity index (χ3n) is 3.51. The highest BCUT2D eigenvalue weighted by Crippen LogP contribution is 2.11. The normalized spacial score (nSPS) is 17.2. The van der Waals surface area contributed by atoms with Crippen molar-refractivity contribution in [2.24, 2.45) is 0 Å². The summed E-state index contributed by atoms with van der Waals surface area (Å²) < 4.78 is 31.6. The Morgan fingerprint density at radius 1 is 1.36 bits per heavy atom. The number of hydrogen-bond donors (Lipinski definition) is 1. The van der Waals surface area contributed by atoms with E-state index in [9.17, 15) is 13.2 Å². The van der Waals surface area contributed by atoms with Gasteiger partial charge in [-0.2, -0.15) is 17.0 Å². The van der Waals surface area contributed by atoms with Gasteiger partial charge in [0, 0.05) is 33.6 Å². The number of nitrogens with zero attached hydrogens (tertiary/aromatic N) is 5. The number of rotatable bonds is 5. The van der Waals surface area contributed by atoms with E-state index in [1.807, 2.05) is 0 Å². The van der Waals surface area contributed by atoms with Crippen molar-refractivity contribution in [2.45, 2.75) is 13.3 Å². The second-order valence-electron chi connectivity index (χ2n) is 5.09. The minimum atomic E-state index is -3.44. The summed E-state index contributed by atoms with van der Waals surface area (Å²) in [6, 6.07) is 0. The summed E-state index contributed by atoms with van der Waals surface area (Å²) in [6.45, 7) is 3.07. The first-order valence-corrected chi connectivity index (χ1v) is 8.32. The SMILES string of the molecule is CCC(=O)c1c(N)on[n+]1N1CCN(S(=O)(=O)N(C)C)CC1. The van der Waals surface area contributed by atoms with Gasteiger partial charge in [0.2, 0.25) is 11.1 Å². The molecular weight excluding hydrogens is 312 g/mol. The predicted molar refractivity (Wildman–Crippen MR) is 77.9 cm³/mol. The fourth-order valence-corrected chi connectivity index (χ4v) is 3.29. The Kier molecular flexibility index (Phi) is 4.68. The summed E-state index contributed by atoms with van der Waals surface area (Å²) in [5.74, 6) is -0.211. The van der Waals surface area contributed by atoms with E-state index < -0.39 is 10.2 Å². The second-order valence-corrected chi connectivity index (χ2v) is 7.24. The maximum Gasteiger partial charge on any atom is 0.373 e. The molecule has 0 atom stereocenters. The molecule has 0 aromatic carbocycles. The van der Waals surface area contributed by atoms with Gasteiger partial charge in [0.15, 0.2) is 0 Å². The zero-order valence-electron chi connectivity index (χ0n) is 12.9. The lowest BCUT2D eigenvalue weighted by Crippen LogP contribution is -2.68. The molecule has 1 aliphatic heterocycles. The highest BCUT2D eigenvalue weighted by atomic mass is 32.2. The van der Waals surface area contributed by atoms with Crippen LogP contribution in [-0.4, -0.2) is 68.4 Å². The molecule has 0 amide bonds. The van der Waals surface area contributed by atoms with Gasteiger partial charge in [-0.05, 0) is 0 Å². The van der Waals surface area contributed by atoms with Crippen molar-refractivity contribution in [3.05, 3.63) is 5.69 Å². The van der Waals surface area contributed by atoms with Crippen LogP contribution in [0.3, 0.4) is 0 Å². The van der Waals surface area contributed by atoms with Crippen LogP contribution in [-0.2, 0) is 10.2 Å². The number of Topliss-reactive ketones (excluding diaryl/α,β-unsaturated/α-hetero) is 1. The van der Waals surface area contributed by atoms with Gasteiger partial charge in [-0.25, -0.2) is 0 Å². The molecule has 1 aromatic heterocycles. The van der Waals surface area contributed by atoms with Crippen LogP contribution in [0.4, 0.5) is 5.88 Å². The van der Waals surface area contributed by atoms with Crippen LogP contribution >= 0.6 is 0 Å². The summed E-state index contributed by atoms with van der Waals surface area (Å²) in [4.78, 5) is 13.3. The molecule has 0 aliphatic carbocycles. The largest absolute Gasteiger partial charge is 0.373 e. The van der Waals surface area contributed by atoms with E-state index in [1.165, 1.54) is 27.5 Å². The molecule has 0 radical (unpaired) electrons. The molecule has 22 heavy (non-hydrogen) atoms. The van der Waals surface area contributed by atoms with E-state index in [0.717, 1.165) is 0 Å². The van der Waals surface area contributed by atoms with Crippen molar-refractivity contribution in [3.63, 3.8) is 0 Å². The number of nitrogens with two attached hydrogens (primary N) is 1. The molecule has 0 spiro atoms. The van der Waals surface area contributed by atoms with Gasteiger partial charge >= 0.3 is 11.6 Å². The molecule has 1 saturated heterocycles. The number of anilines is 1. The molecule has 2 N–H and O–H groups in total. The van der Waals surface area contributed by atoms with Crippen LogP contribution in [0, 0.1) is 0 Å². The van der Waals surface area contributed by atoms with Crippen molar-refractivity contribution >= 4 is 21.9 Å². The molecule has 0 unspecified atom stereocenters. The molecule has 11 heteroatoms. The van der Waals surface area contributed by atoms with Gasteiger partial charge in [0.25, 0.3) is 10.2 Å². The molecule has 0 bridgehead atoms. The number of carbonyl (C=O) groups excluding carboxylic acids is 1. The van der Waals surface area contributed by atoms with Crippen LogP contribution in [0.1, 0.15) is 23.8 Å². The Bertz CT molecular complexity index is 648. The van der Waals surface area contributed by atoms with Crippen molar-refractivity contribution < 1.29 is 22.5 Å². The second kappa shape index (κ2) is 6.18. The van der Waals surface area contributed by atoms with Gasteiger partial charge in [-0.3, -0.25) is 9.32 Å². The number of ketones is 1. The third-order valence-corrected chi connectivity index (χ3v) is 5.45. The number of hydrogen-bond acceptors (Lipinski definition) is 7. The monoisotopic (exact) mass is 333 g/mol. The van der Waals surface area contributed by atoms with Gasteiger partial charge in [-0.15, -0.1) is 5.01 Å². The van der Waals surface area contributed by atoms with Gasteiger partial charge in [0.1, 0.15) is 0 Å². The first-order chi connectivity index (χ1) is 10.3. The Balaban J connectivity index is 2.15. The van der Waals surface area contributed by atoms with Crippen molar-refractivity contribution in [2.75, 3.05) is 51.0 Å². The van der Waals surface area contributed by atoms with Crippen LogP contribution in [0.25, 0.3) is 0 Å². The number of aromatic nitrogens is 2. The van der Waals surface area contributed by atoms with E-state index in [0.29, 0.717) is 26.2 Å². The van der Waals surface area contributed by atoms with Crippen molar-refractivity contribution in [3.8, 4) is 0 Å². The van der Waals surface area contributed by atoms with E-state index in [2.05, 4.69) is 5.27 Å². The first-order valence-electron chi connectivity index (χ1n) is 6.92. The average molecular weight is 333 g/mol. The van der Waals surface area contributed by atoms with Crippen LogP contribution in [0.15, 0.2) is 4.52 Å². The Morgan fingerprint density at radius 3 is 2.45 bits per heavy atom. The highest BCUT2D eigenvalue weighted by molar-refractivity contribution is 7.86. The number of carbonyl (C=O) groups is 1. The maximum atomic E-state index is 12.1. The number of nitrogen functional groups attached to an aromatic ring is 1. The highest BCUT2D eigenvalue weighted by Gasteiger charge is 2.38. The third kappa shape index (κ3) is 2.91. The standard InChI is InChI=1S/C11H20N6O4S/c1-4-9(18)10-11(12)21-13-17(10)15-5-7-16(8-6-15)22(19,20)14(2)3/h4-8H2,1-3H3,(H-,12,13,18)/p+1. The lowest BCUT2D eigenvalue weighted by molar-refractivity contribution is -0.760. The zero-order chi connectivity index (χ0) is 16.5. The Morgan fingerprint density at radius 2 is 1.95 bits per heavy atom. The van der Waals surface area contributed by atoms with E-state index in [1.54, 1.807) is 11.9 Å². The lowest BCUT2D eigenvalue weighted by atomic mass is 10.2. The Labute approximate surface area is 129 Å². The van der Waals surface area contributed by atoms with Crippen molar-refractivity contribution in [1.82, 2.24) is 13.9 Å². The van der Waals surface area contributed by atoms with E-state index in [-0.39, 0.29) is 23.8 Å². The smallest absolute Gasteiger partial charge is 0.361 e. The molecular formula is C11H21N6O4S+. The van der Waals surface area contributed by atoms with E-state index >= 15 is 0 Å². The summed E-state index contributed by atoms with van der Waals surface area (Å²) in [7, 11) is -0.450. The first kappa shape index (κ1) is 16.6. The summed E-state index contributed by atoms with van der Waals surface area (Å²) >= 11 is 0. The molecule has 2 heterocycles. The van der Waals surface area contributed by atoms with Gasteiger partial charge in [0.05, 0.1) is 17.9 Å². The minimum Gasteiger partial charge on any atom is -0.361 e. The molecule has 1 aromatic rings. The van der Waals surface area contributed by atoms with Gasteiger partial charge < -0.3 is 5.73 Å². The zero-order valence-corrected chi connectivity index (χ0v) is 13.7. The Hall–Kier alpha value is -1.72. The van der Waals surface area contributed by atoms with Gasteiger partial charge in [-0.1, -0.05) is 6.92 Å². The molecule has 2 rings (SSSR count). The minimum absolute atomic E-state index is 0.0322. The summed E-state index contributed by atoms with van der Waals surface area (Å²) in [5.41, 5.74) is 5.85. The molecule has 1 aliphatic rings. The van der Waals surface area contributed by atoms with E-state index in [4.69, 9.17) is 10.3 Å². The predicted octanol–water partition coefficient (Wildman–Crippen LogP) is -1.80. The topological polar surface area (TPSA) is 117 Å². The fourth-order valence-electron chi connectivity index (χ4n) is 2.20. The van der Waals surface area contributed by atoms with Crippen LogP contribution < -0.4 is 15.5 Å². The fraction of sp³-hybridized carbons (Fsp3) is 0.727. The summed E-state index contributed by atoms with van der Waals surface area (Å²) in [5, 5.41) is 5.51. The quantitative estimate of drug-likeness (QED) is 0.499. The lowest BCUT2D eigenvalue weighted by Gasteiger charge is -2.31. The summed E-state index contributed by atoms with van der Waals surface area (Å²) in [6.07, 6.45) is 0.278. The van der Waals surface area contributed by atoms with Crippen molar-refractivity contribution in [1.29, 1.82) is 0 Å². The maximum absolute atomic E-state index is 12.1. The molecule has 0 saturated carbocycles. The molecule has 1 fully saturated rings. The van der Waals surface area contributed by atoms with Crippen LogP contribution in [0.5, 0.6) is 0 Å². The average Bonchev–Trinajstić information content (AvgIpc) is 2.88. The molecule has 10 nitrogen and oxygen atoms in total. The molecule has 124 valence electrons.